The molecule has 0 saturated heterocycles. The van der Waals surface area contributed by atoms with Gasteiger partial charge in [0.2, 0.25) is 0 Å². The van der Waals surface area contributed by atoms with Crippen LogP contribution in [-0.2, 0) is 6.54 Å². The first-order valence-corrected chi connectivity index (χ1v) is 8.12. The van der Waals surface area contributed by atoms with Crippen LogP contribution in [0, 0.1) is 12.8 Å². The summed E-state index contributed by atoms with van der Waals surface area (Å²) in [7, 11) is 0. The Kier molecular flexibility index (Phi) is 5.71. The zero-order valence-corrected chi connectivity index (χ0v) is 13.6. The molecule has 1 saturated carbocycles. The lowest BCUT2D eigenvalue weighted by Crippen LogP contribution is -2.15. The van der Waals surface area contributed by atoms with Crippen molar-refractivity contribution < 1.29 is 4.74 Å². The van der Waals surface area contributed by atoms with E-state index in [0.29, 0.717) is 0 Å². The minimum absolute atomic E-state index is 0.759. The minimum Gasteiger partial charge on any atom is -0.493 e. The lowest BCUT2D eigenvalue weighted by atomic mass is 10.1. The summed E-state index contributed by atoms with van der Waals surface area (Å²) in [6.07, 6.45) is 5.41. The maximum Gasteiger partial charge on any atom is 0.126 e. The Hall–Kier alpha value is -0.540. The third kappa shape index (κ3) is 4.22. The largest absolute Gasteiger partial charge is 0.493 e. The zero-order valence-electron chi connectivity index (χ0n) is 12.0. The molecular formula is C16H24BrNO. The number of rotatable bonds is 6. The molecule has 0 bridgehead atoms. The van der Waals surface area contributed by atoms with Gasteiger partial charge in [-0.05, 0) is 49.9 Å². The molecule has 0 unspecified atom stereocenters. The molecule has 1 aliphatic rings. The van der Waals surface area contributed by atoms with Crippen LogP contribution in [0.3, 0.4) is 0 Å². The van der Waals surface area contributed by atoms with Gasteiger partial charge in [-0.1, -0.05) is 35.7 Å². The van der Waals surface area contributed by atoms with E-state index in [1.165, 1.54) is 36.8 Å². The van der Waals surface area contributed by atoms with E-state index >= 15 is 0 Å². The maximum atomic E-state index is 6.14. The number of nitrogens with one attached hydrogen (secondary N) is 1. The van der Waals surface area contributed by atoms with Crippen molar-refractivity contribution in [3.8, 4) is 5.75 Å². The second-order valence-electron chi connectivity index (χ2n) is 5.45. The summed E-state index contributed by atoms with van der Waals surface area (Å²) in [4.78, 5) is 0. The minimum atomic E-state index is 0.759. The first kappa shape index (κ1) is 14.9. The van der Waals surface area contributed by atoms with Gasteiger partial charge in [0.15, 0.2) is 0 Å². The molecule has 19 heavy (non-hydrogen) atoms. The molecule has 2 rings (SSSR count). The Morgan fingerprint density at radius 2 is 2.05 bits per heavy atom. The molecule has 2 nitrogen and oxygen atoms in total. The first-order valence-electron chi connectivity index (χ1n) is 7.33. The molecule has 0 spiro atoms. The van der Waals surface area contributed by atoms with E-state index in [-0.39, 0.29) is 0 Å². The molecule has 0 aliphatic heterocycles. The van der Waals surface area contributed by atoms with E-state index < -0.39 is 0 Å². The van der Waals surface area contributed by atoms with E-state index in [1.54, 1.807) is 0 Å². The highest BCUT2D eigenvalue weighted by Crippen LogP contribution is 2.31. The molecule has 1 aliphatic carbocycles. The number of aryl methyl sites for hydroxylation is 1. The van der Waals surface area contributed by atoms with Crippen molar-refractivity contribution in [2.75, 3.05) is 13.2 Å². The molecule has 3 heteroatoms. The number of hydrogen-bond donors (Lipinski definition) is 1. The van der Waals surface area contributed by atoms with E-state index in [1.807, 2.05) is 0 Å². The molecule has 0 heterocycles. The standard InChI is InChI=1S/C16H24BrNO/c1-3-18-10-14-9-15(17)8-12(2)16(14)19-11-13-6-4-5-7-13/h8-9,13,18H,3-7,10-11H2,1-2H3. The van der Waals surface area contributed by atoms with E-state index in [9.17, 15) is 0 Å². The van der Waals surface area contributed by atoms with Crippen molar-refractivity contribution >= 4 is 15.9 Å². The highest BCUT2D eigenvalue weighted by molar-refractivity contribution is 9.10. The Bertz CT molecular complexity index is 413. The first-order chi connectivity index (χ1) is 9.20. The summed E-state index contributed by atoms with van der Waals surface area (Å²) in [5.74, 6) is 1.84. The Balaban J connectivity index is 2.07. The van der Waals surface area contributed by atoms with E-state index in [2.05, 4.69) is 47.2 Å². The average Bonchev–Trinajstić information content (AvgIpc) is 2.88. The van der Waals surface area contributed by atoms with Crippen LogP contribution in [-0.4, -0.2) is 13.2 Å². The monoisotopic (exact) mass is 325 g/mol. The molecular weight excluding hydrogens is 302 g/mol. The number of halogens is 1. The second kappa shape index (κ2) is 7.30. The van der Waals surface area contributed by atoms with Gasteiger partial charge in [0.25, 0.3) is 0 Å². The molecule has 1 fully saturated rings. The highest BCUT2D eigenvalue weighted by atomic mass is 79.9. The number of ether oxygens (including phenoxy) is 1. The Morgan fingerprint density at radius 3 is 2.74 bits per heavy atom. The normalized spacial score (nSPS) is 15.9. The molecule has 0 aromatic heterocycles. The topological polar surface area (TPSA) is 21.3 Å². The maximum absolute atomic E-state index is 6.14. The van der Waals surface area contributed by atoms with Crippen LogP contribution < -0.4 is 10.1 Å². The SMILES string of the molecule is CCNCc1cc(Br)cc(C)c1OCC1CCCC1. The third-order valence-corrected chi connectivity index (χ3v) is 4.28. The van der Waals surface area contributed by atoms with Crippen molar-refractivity contribution in [1.82, 2.24) is 5.32 Å². The van der Waals surface area contributed by atoms with Crippen LogP contribution in [0.5, 0.6) is 5.75 Å². The number of hydrogen-bond acceptors (Lipinski definition) is 2. The van der Waals surface area contributed by atoms with Crippen molar-refractivity contribution in [2.24, 2.45) is 5.92 Å². The quantitative estimate of drug-likeness (QED) is 0.835. The predicted octanol–water partition coefficient (Wildman–Crippen LogP) is 4.44. The number of benzene rings is 1. The van der Waals surface area contributed by atoms with Gasteiger partial charge >= 0.3 is 0 Å². The third-order valence-electron chi connectivity index (χ3n) is 3.82. The van der Waals surface area contributed by atoms with Crippen LogP contribution in [0.25, 0.3) is 0 Å². The predicted molar refractivity (Wildman–Crippen MR) is 83.7 cm³/mol. The Labute approximate surface area is 125 Å². The lowest BCUT2D eigenvalue weighted by Gasteiger charge is -2.17. The fourth-order valence-corrected chi connectivity index (χ4v) is 3.39. The molecule has 1 aromatic carbocycles. The lowest BCUT2D eigenvalue weighted by molar-refractivity contribution is 0.248. The van der Waals surface area contributed by atoms with Crippen molar-refractivity contribution in [3.05, 3.63) is 27.7 Å². The summed E-state index contributed by atoms with van der Waals surface area (Å²) >= 11 is 3.57. The van der Waals surface area contributed by atoms with Crippen molar-refractivity contribution in [1.29, 1.82) is 0 Å². The van der Waals surface area contributed by atoms with Crippen LogP contribution in [0.2, 0.25) is 0 Å². The fraction of sp³-hybridized carbons (Fsp3) is 0.625. The Morgan fingerprint density at radius 1 is 1.32 bits per heavy atom. The molecule has 0 amide bonds. The van der Waals surface area contributed by atoms with Gasteiger partial charge < -0.3 is 10.1 Å². The van der Waals surface area contributed by atoms with Crippen LogP contribution in [0.15, 0.2) is 16.6 Å². The van der Waals surface area contributed by atoms with Crippen molar-refractivity contribution in [3.63, 3.8) is 0 Å². The second-order valence-corrected chi connectivity index (χ2v) is 6.37. The van der Waals surface area contributed by atoms with Gasteiger partial charge in [0, 0.05) is 16.6 Å². The summed E-state index contributed by atoms with van der Waals surface area (Å²) < 4.78 is 7.27. The van der Waals surface area contributed by atoms with Gasteiger partial charge in [-0.15, -0.1) is 0 Å². The van der Waals surface area contributed by atoms with Crippen LogP contribution in [0.1, 0.15) is 43.7 Å². The van der Waals surface area contributed by atoms with Gasteiger partial charge in [-0.3, -0.25) is 0 Å². The summed E-state index contributed by atoms with van der Waals surface area (Å²) in [6.45, 7) is 6.99. The van der Waals surface area contributed by atoms with E-state index in [4.69, 9.17) is 4.74 Å². The highest BCUT2D eigenvalue weighted by Gasteiger charge is 2.17. The summed E-state index contributed by atoms with van der Waals surface area (Å²) in [5.41, 5.74) is 2.48. The summed E-state index contributed by atoms with van der Waals surface area (Å²) in [6, 6.07) is 4.30. The fourth-order valence-electron chi connectivity index (χ4n) is 2.78. The van der Waals surface area contributed by atoms with Gasteiger partial charge in [0.1, 0.15) is 5.75 Å². The molecule has 0 atom stereocenters. The zero-order chi connectivity index (χ0) is 13.7. The molecule has 106 valence electrons. The molecule has 0 radical (unpaired) electrons. The van der Waals surface area contributed by atoms with Gasteiger partial charge in [0.05, 0.1) is 6.61 Å². The molecule has 1 N–H and O–H groups in total. The van der Waals surface area contributed by atoms with E-state index in [0.717, 1.165) is 35.8 Å². The van der Waals surface area contributed by atoms with Crippen LogP contribution in [0.4, 0.5) is 0 Å². The average molecular weight is 326 g/mol. The van der Waals surface area contributed by atoms with Crippen molar-refractivity contribution in [2.45, 2.75) is 46.1 Å². The molecule has 1 aromatic rings. The summed E-state index contributed by atoms with van der Waals surface area (Å²) in [5, 5.41) is 3.39. The smallest absolute Gasteiger partial charge is 0.126 e. The van der Waals surface area contributed by atoms with Gasteiger partial charge in [-0.25, -0.2) is 0 Å². The van der Waals surface area contributed by atoms with Crippen LogP contribution >= 0.6 is 15.9 Å². The van der Waals surface area contributed by atoms with Gasteiger partial charge in [-0.2, -0.15) is 0 Å².